The van der Waals surface area contributed by atoms with E-state index in [1.165, 1.54) is 9.75 Å². The van der Waals surface area contributed by atoms with E-state index in [2.05, 4.69) is 58.9 Å². The number of hydrogen-bond acceptors (Lipinski definition) is 4. The molecule has 0 aromatic carbocycles. The maximum Gasteiger partial charge on any atom is 0.191 e. The van der Waals surface area contributed by atoms with Crippen LogP contribution in [0.5, 0.6) is 0 Å². The maximum absolute atomic E-state index is 4.60. The zero-order chi connectivity index (χ0) is 15.1. The molecule has 0 spiro atoms. The summed E-state index contributed by atoms with van der Waals surface area (Å²) in [5.41, 5.74) is 0. The molecule has 7 heteroatoms. The molecule has 2 aromatic rings. The van der Waals surface area contributed by atoms with Crippen LogP contribution in [0.4, 0.5) is 0 Å². The largest absolute Gasteiger partial charge is 0.357 e. The highest BCUT2D eigenvalue weighted by Gasteiger charge is 2.07. The molecule has 2 aromatic heterocycles. The van der Waals surface area contributed by atoms with Crippen molar-refractivity contribution in [3.05, 3.63) is 38.5 Å². The van der Waals surface area contributed by atoms with Gasteiger partial charge in [-0.25, -0.2) is 9.98 Å². The van der Waals surface area contributed by atoms with Crippen LogP contribution in [0.1, 0.15) is 34.5 Å². The number of nitrogens with zero attached hydrogens (tertiary/aromatic N) is 2. The van der Waals surface area contributed by atoms with Gasteiger partial charge in [0.05, 0.1) is 6.54 Å². The van der Waals surface area contributed by atoms with Crippen molar-refractivity contribution in [1.82, 2.24) is 15.6 Å². The number of thiophene rings is 1. The Morgan fingerprint density at radius 1 is 1.41 bits per heavy atom. The molecule has 2 heterocycles. The summed E-state index contributed by atoms with van der Waals surface area (Å²) in [6.45, 7) is 8.73. The molecule has 0 radical (unpaired) electrons. The first-order chi connectivity index (χ1) is 10.2. The topological polar surface area (TPSA) is 49.3 Å². The Morgan fingerprint density at radius 2 is 2.23 bits per heavy atom. The van der Waals surface area contributed by atoms with E-state index in [0.29, 0.717) is 12.5 Å². The molecule has 4 nitrogen and oxygen atoms in total. The van der Waals surface area contributed by atoms with E-state index < -0.39 is 0 Å². The van der Waals surface area contributed by atoms with Crippen LogP contribution < -0.4 is 10.6 Å². The standard InChI is InChI=1S/C15H22N4S2.HI/c1-4-16-15(19-10-14-17-9-12(3)21-14)18-8-11(2)13-6-5-7-20-13;/h5-7,9,11H,4,8,10H2,1-3H3,(H2,16,18,19);1H. The molecule has 2 N–H and O–H groups in total. The molecule has 1 unspecified atom stereocenters. The third-order valence-corrected chi connectivity index (χ3v) is 4.99. The Hall–Kier alpha value is -0.670. The van der Waals surface area contributed by atoms with Crippen molar-refractivity contribution in [1.29, 1.82) is 0 Å². The summed E-state index contributed by atoms with van der Waals surface area (Å²) in [4.78, 5) is 11.6. The highest BCUT2D eigenvalue weighted by atomic mass is 127. The molecule has 22 heavy (non-hydrogen) atoms. The lowest BCUT2D eigenvalue weighted by Gasteiger charge is -2.14. The van der Waals surface area contributed by atoms with Gasteiger partial charge in [0.2, 0.25) is 0 Å². The summed E-state index contributed by atoms with van der Waals surface area (Å²) in [6.07, 6.45) is 1.90. The van der Waals surface area contributed by atoms with E-state index in [9.17, 15) is 0 Å². The van der Waals surface area contributed by atoms with Crippen LogP contribution in [0.15, 0.2) is 28.7 Å². The number of hydrogen-bond donors (Lipinski definition) is 2. The zero-order valence-electron chi connectivity index (χ0n) is 13.1. The van der Waals surface area contributed by atoms with Crippen LogP contribution in [0.2, 0.25) is 0 Å². The van der Waals surface area contributed by atoms with E-state index in [1.807, 2.05) is 6.20 Å². The first kappa shape index (κ1) is 19.4. The van der Waals surface area contributed by atoms with Crippen LogP contribution in [-0.2, 0) is 6.54 Å². The monoisotopic (exact) mass is 450 g/mol. The van der Waals surface area contributed by atoms with Crippen LogP contribution in [0.25, 0.3) is 0 Å². The lowest BCUT2D eigenvalue weighted by Crippen LogP contribution is -2.39. The third kappa shape index (κ3) is 6.21. The summed E-state index contributed by atoms with van der Waals surface area (Å²) < 4.78 is 0. The van der Waals surface area contributed by atoms with Gasteiger partial charge >= 0.3 is 0 Å². The smallest absolute Gasteiger partial charge is 0.191 e. The first-order valence-corrected chi connectivity index (χ1v) is 8.85. The van der Waals surface area contributed by atoms with Gasteiger partial charge in [0.1, 0.15) is 5.01 Å². The minimum atomic E-state index is 0. The lowest BCUT2D eigenvalue weighted by atomic mass is 10.1. The molecule has 0 amide bonds. The summed E-state index contributed by atoms with van der Waals surface area (Å²) in [5.74, 6) is 1.34. The normalized spacial score (nSPS) is 12.6. The Balaban J connectivity index is 0.00000242. The number of rotatable bonds is 6. The van der Waals surface area contributed by atoms with Crippen LogP contribution in [0.3, 0.4) is 0 Å². The third-order valence-electron chi connectivity index (χ3n) is 2.99. The second kappa shape index (κ2) is 10.2. The average molecular weight is 450 g/mol. The van der Waals surface area contributed by atoms with Crippen LogP contribution in [-0.4, -0.2) is 24.0 Å². The fourth-order valence-electron chi connectivity index (χ4n) is 1.89. The van der Waals surface area contributed by atoms with E-state index >= 15 is 0 Å². The zero-order valence-corrected chi connectivity index (χ0v) is 17.1. The number of halogens is 1. The predicted octanol–water partition coefficient (Wildman–Crippen LogP) is 3.99. The summed E-state index contributed by atoms with van der Waals surface area (Å²) in [6, 6.07) is 4.28. The molecule has 0 aliphatic heterocycles. The molecule has 0 saturated carbocycles. The number of aryl methyl sites for hydroxylation is 1. The van der Waals surface area contributed by atoms with Gasteiger partial charge in [0.25, 0.3) is 0 Å². The minimum Gasteiger partial charge on any atom is -0.357 e. The Labute approximate surface area is 157 Å². The van der Waals surface area contributed by atoms with Crippen molar-refractivity contribution in [2.45, 2.75) is 33.2 Å². The summed E-state index contributed by atoms with van der Waals surface area (Å²) in [7, 11) is 0. The van der Waals surface area contributed by atoms with Crippen molar-refractivity contribution >= 4 is 52.6 Å². The summed E-state index contributed by atoms with van der Waals surface area (Å²) in [5, 5.41) is 9.86. The van der Waals surface area contributed by atoms with Crippen LogP contribution >= 0.6 is 46.7 Å². The molecule has 0 saturated heterocycles. The van der Waals surface area contributed by atoms with Gasteiger partial charge in [-0.1, -0.05) is 13.0 Å². The van der Waals surface area contributed by atoms with E-state index in [0.717, 1.165) is 24.1 Å². The maximum atomic E-state index is 4.60. The summed E-state index contributed by atoms with van der Waals surface area (Å²) >= 11 is 3.50. The molecule has 122 valence electrons. The molecule has 2 rings (SSSR count). The number of nitrogens with one attached hydrogen (secondary N) is 2. The Morgan fingerprint density at radius 3 is 2.82 bits per heavy atom. The fraction of sp³-hybridized carbons (Fsp3) is 0.467. The van der Waals surface area contributed by atoms with Crippen molar-refractivity contribution in [3.63, 3.8) is 0 Å². The molecule has 0 aliphatic carbocycles. The molecule has 0 fully saturated rings. The number of aliphatic imine (C=N–C) groups is 1. The number of aromatic nitrogens is 1. The Bertz CT molecular complexity index is 566. The van der Waals surface area contributed by atoms with Crippen molar-refractivity contribution in [2.24, 2.45) is 4.99 Å². The van der Waals surface area contributed by atoms with Crippen molar-refractivity contribution < 1.29 is 0 Å². The number of guanidine groups is 1. The average Bonchev–Trinajstić information content (AvgIpc) is 3.13. The number of thiazole rings is 1. The molecule has 0 aliphatic rings. The quantitative estimate of drug-likeness (QED) is 0.398. The highest BCUT2D eigenvalue weighted by Crippen LogP contribution is 2.19. The van der Waals surface area contributed by atoms with Gasteiger partial charge in [-0.2, -0.15) is 0 Å². The molecule has 1 atom stereocenters. The van der Waals surface area contributed by atoms with E-state index in [4.69, 9.17) is 0 Å². The molecular weight excluding hydrogens is 427 g/mol. The SMILES string of the molecule is CCNC(=NCc1ncc(C)s1)NCC(C)c1cccs1.I. The Kier molecular flexibility index (Phi) is 8.96. The first-order valence-electron chi connectivity index (χ1n) is 7.16. The highest BCUT2D eigenvalue weighted by molar-refractivity contribution is 14.0. The molecule has 0 bridgehead atoms. The van der Waals surface area contributed by atoms with E-state index in [-0.39, 0.29) is 24.0 Å². The van der Waals surface area contributed by atoms with E-state index in [1.54, 1.807) is 22.7 Å². The van der Waals surface area contributed by atoms with Gasteiger partial charge in [0, 0.05) is 35.0 Å². The van der Waals surface area contributed by atoms with Gasteiger partial charge < -0.3 is 10.6 Å². The van der Waals surface area contributed by atoms with Gasteiger partial charge in [0.15, 0.2) is 5.96 Å². The lowest BCUT2D eigenvalue weighted by molar-refractivity contribution is 0.709. The van der Waals surface area contributed by atoms with Crippen molar-refractivity contribution in [3.8, 4) is 0 Å². The fourth-order valence-corrected chi connectivity index (χ4v) is 3.38. The van der Waals surface area contributed by atoms with Gasteiger partial charge in [-0.15, -0.1) is 46.7 Å². The predicted molar refractivity (Wildman–Crippen MR) is 108 cm³/mol. The van der Waals surface area contributed by atoms with Gasteiger partial charge in [-0.3, -0.25) is 0 Å². The second-order valence-corrected chi connectivity index (χ2v) is 7.16. The minimum absolute atomic E-state index is 0. The van der Waals surface area contributed by atoms with Crippen molar-refractivity contribution in [2.75, 3.05) is 13.1 Å². The van der Waals surface area contributed by atoms with Crippen LogP contribution in [0, 0.1) is 6.92 Å². The second-order valence-electron chi connectivity index (χ2n) is 4.86. The molecular formula is C15H23IN4S2. The van der Waals surface area contributed by atoms with Gasteiger partial charge in [-0.05, 0) is 25.3 Å².